The zero-order valence-corrected chi connectivity index (χ0v) is 10.6. The Hall–Kier alpha value is -0.300. The number of rotatable bonds is 10. The van der Waals surface area contributed by atoms with Crippen LogP contribution in [0.5, 0.6) is 0 Å². The number of allylic oxidation sites excluding steroid dienone is 1. The molecule has 1 nitrogen and oxygen atoms in total. The first kappa shape index (κ1) is 14.7. The Bertz CT molecular complexity index is 177. The molecular weight excluding hydrogens is 208 g/mol. The molecule has 0 saturated carbocycles. The number of hydrogen-bond donors (Lipinski definition) is 0. The van der Waals surface area contributed by atoms with Gasteiger partial charge in [-0.15, -0.1) is 6.58 Å². The standard InChI is InChI=1S/C13H23ClO/c1-3-5-7-9-11-12(13(14)15)10-8-6-4-2/h4,12H,2-3,5-11H2,1H3. The highest BCUT2D eigenvalue weighted by Crippen LogP contribution is 2.19. The molecule has 0 aliphatic carbocycles. The fraction of sp³-hybridized carbons (Fsp3) is 0.769. The van der Waals surface area contributed by atoms with Crippen molar-refractivity contribution in [2.75, 3.05) is 0 Å². The lowest BCUT2D eigenvalue weighted by Crippen LogP contribution is -2.08. The summed E-state index contributed by atoms with van der Waals surface area (Å²) < 4.78 is 0. The van der Waals surface area contributed by atoms with Crippen molar-refractivity contribution in [2.24, 2.45) is 5.92 Å². The smallest absolute Gasteiger partial charge is 0.224 e. The van der Waals surface area contributed by atoms with E-state index < -0.39 is 0 Å². The number of carbonyl (C=O) groups excluding carboxylic acids is 1. The minimum atomic E-state index is -0.157. The molecule has 0 spiro atoms. The summed E-state index contributed by atoms with van der Waals surface area (Å²) in [5.41, 5.74) is 0. The Morgan fingerprint density at radius 3 is 2.47 bits per heavy atom. The lowest BCUT2D eigenvalue weighted by molar-refractivity contribution is -0.115. The van der Waals surface area contributed by atoms with Gasteiger partial charge in [-0.05, 0) is 37.3 Å². The van der Waals surface area contributed by atoms with Crippen molar-refractivity contribution in [1.82, 2.24) is 0 Å². The Morgan fingerprint density at radius 2 is 1.93 bits per heavy atom. The van der Waals surface area contributed by atoms with Crippen LogP contribution in [0.25, 0.3) is 0 Å². The Labute approximate surface area is 98.9 Å². The summed E-state index contributed by atoms with van der Waals surface area (Å²) in [6.07, 6.45) is 10.6. The van der Waals surface area contributed by atoms with Crippen LogP contribution >= 0.6 is 11.6 Å². The molecule has 0 aromatic heterocycles. The van der Waals surface area contributed by atoms with Crippen molar-refractivity contribution in [3.63, 3.8) is 0 Å². The summed E-state index contributed by atoms with van der Waals surface area (Å²) in [4.78, 5) is 11.1. The number of carbonyl (C=O) groups is 1. The van der Waals surface area contributed by atoms with E-state index in [4.69, 9.17) is 11.6 Å². The van der Waals surface area contributed by atoms with Crippen molar-refractivity contribution >= 4 is 16.8 Å². The van der Waals surface area contributed by atoms with E-state index in [-0.39, 0.29) is 11.2 Å². The van der Waals surface area contributed by atoms with Crippen LogP contribution < -0.4 is 0 Å². The molecule has 1 atom stereocenters. The van der Waals surface area contributed by atoms with Crippen LogP contribution in [0.15, 0.2) is 12.7 Å². The molecule has 0 fully saturated rings. The van der Waals surface area contributed by atoms with Crippen molar-refractivity contribution in [2.45, 2.75) is 58.3 Å². The third-order valence-corrected chi connectivity index (χ3v) is 3.00. The SMILES string of the molecule is C=CCCCC(CCCCCC)C(=O)Cl. The van der Waals surface area contributed by atoms with Gasteiger partial charge in [-0.1, -0.05) is 38.7 Å². The van der Waals surface area contributed by atoms with Crippen LogP contribution in [0.1, 0.15) is 58.3 Å². The van der Waals surface area contributed by atoms with Crippen molar-refractivity contribution < 1.29 is 4.79 Å². The van der Waals surface area contributed by atoms with Gasteiger partial charge in [0, 0.05) is 5.92 Å². The number of halogens is 1. The molecule has 0 saturated heterocycles. The van der Waals surface area contributed by atoms with Gasteiger partial charge in [0.05, 0.1) is 0 Å². The first-order chi connectivity index (χ1) is 7.22. The number of hydrogen-bond acceptors (Lipinski definition) is 1. The van der Waals surface area contributed by atoms with Gasteiger partial charge >= 0.3 is 0 Å². The van der Waals surface area contributed by atoms with Gasteiger partial charge in [-0.25, -0.2) is 0 Å². The van der Waals surface area contributed by atoms with Crippen molar-refractivity contribution in [3.05, 3.63) is 12.7 Å². The molecule has 0 aromatic carbocycles. The first-order valence-corrected chi connectivity index (χ1v) is 6.40. The second-order valence-corrected chi connectivity index (χ2v) is 4.44. The fourth-order valence-corrected chi connectivity index (χ4v) is 1.92. The quantitative estimate of drug-likeness (QED) is 0.302. The van der Waals surface area contributed by atoms with Crippen molar-refractivity contribution in [1.29, 1.82) is 0 Å². The molecular formula is C13H23ClO. The molecule has 0 bridgehead atoms. The van der Waals surface area contributed by atoms with Gasteiger partial charge in [0.1, 0.15) is 0 Å². The second kappa shape index (κ2) is 10.2. The van der Waals surface area contributed by atoms with Crippen LogP contribution in [0.2, 0.25) is 0 Å². The maximum absolute atomic E-state index is 11.1. The predicted octanol–water partition coefficient (Wildman–Crippen LogP) is 4.69. The summed E-state index contributed by atoms with van der Waals surface area (Å²) in [5, 5.41) is -0.157. The monoisotopic (exact) mass is 230 g/mol. The van der Waals surface area contributed by atoms with Crippen LogP contribution in [0, 0.1) is 5.92 Å². The second-order valence-electron chi connectivity index (χ2n) is 4.07. The van der Waals surface area contributed by atoms with Gasteiger partial charge in [0.2, 0.25) is 5.24 Å². The molecule has 0 aliphatic rings. The Kier molecular flexibility index (Phi) is 10.0. The highest BCUT2D eigenvalue weighted by Gasteiger charge is 2.14. The highest BCUT2D eigenvalue weighted by atomic mass is 35.5. The van der Waals surface area contributed by atoms with E-state index in [9.17, 15) is 4.79 Å². The van der Waals surface area contributed by atoms with Crippen LogP contribution in [-0.2, 0) is 4.79 Å². The van der Waals surface area contributed by atoms with E-state index in [1.165, 1.54) is 19.3 Å². The summed E-state index contributed by atoms with van der Waals surface area (Å²) in [6.45, 7) is 5.86. The lowest BCUT2D eigenvalue weighted by atomic mass is 9.96. The van der Waals surface area contributed by atoms with E-state index in [1.807, 2.05) is 6.08 Å². The fourth-order valence-electron chi connectivity index (χ4n) is 1.70. The van der Waals surface area contributed by atoms with Crippen LogP contribution in [-0.4, -0.2) is 5.24 Å². The molecule has 15 heavy (non-hydrogen) atoms. The molecule has 0 heterocycles. The Balaban J connectivity index is 3.63. The van der Waals surface area contributed by atoms with Gasteiger partial charge in [0.25, 0.3) is 0 Å². The molecule has 2 heteroatoms. The molecule has 0 N–H and O–H groups in total. The topological polar surface area (TPSA) is 17.1 Å². The van der Waals surface area contributed by atoms with E-state index in [0.29, 0.717) is 0 Å². The minimum Gasteiger partial charge on any atom is -0.281 e. The summed E-state index contributed by atoms with van der Waals surface area (Å²) in [5.74, 6) is 0.0727. The molecule has 1 unspecified atom stereocenters. The molecule has 88 valence electrons. The van der Waals surface area contributed by atoms with Crippen LogP contribution in [0.4, 0.5) is 0 Å². The average molecular weight is 231 g/mol. The normalized spacial score (nSPS) is 12.4. The van der Waals surface area contributed by atoms with Crippen LogP contribution in [0.3, 0.4) is 0 Å². The third kappa shape index (κ3) is 8.68. The zero-order chi connectivity index (χ0) is 11.5. The van der Waals surface area contributed by atoms with E-state index in [0.717, 1.165) is 32.1 Å². The maximum atomic E-state index is 11.1. The zero-order valence-electron chi connectivity index (χ0n) is 9.80. The molecule has 0 aromatic rings. The number of unbranched alkanes of at least 4 members (excludes halogenated alkanes) is 4. The molecule has 0 amide bonds. The maximum Gasteiger partial charge on any atom is 0.224 e. The Morgan fingerprint density at radius 1 is 1.27 bits per heavy atom. The summed E-state index contributed by atoms with van der Waals surface area (Å²) in [7, 11) is 0. The van der Waals surface area contributed by atoms with Gasteiger partial charge in [0.15, 0.2) is 0 Å². The molecule has 0 rings (SSSR count). The largest absolute Gasteiger partial charge is 0.281 e. The third-order valence-electron chi connectivity index (χ3n) is 2.69. The lowest BCUT2D eigenvalue weighted by Gasteiger charge is -2.11. The molecule has 0 aliphatic heterocycles. The van der Waals surface area contributed by atoms with E-state index >= 15 is 0 Å². The summed E-state index contributed by atoms with van der Waals surface area (Å²) >= 11 is 5.57. The van der Waals surface area contributed by atoms with Crippen molar-refractivity contribution in [3.8, 4) is 0 Å². The van der Waals surface area contributed by atoms with E-state index in [2.05, 4.69) is 13.5 Å². The average Bonchev–Trinajstić information content (AvgIpc) is 2.21. The van der Waals surface area contributed by atoms with Gasteiger partial charge in [-0.2, -0.15) is 0 Å². The van der Waals surface area contributed by atoms with Gasteiger partial charge < -0.3 is 0 Å². The molecule has 0 radical (unpaired) electrons. The summed E-state index contributed by atoms with van der Waals surface area (Å²) in [6, 6.07) is 0. The minimum absolute atomic E-state index is 0.0727. The van der Waals surface area contributed by atoms with Gasteiger partial charge in [-0.3, -0.25) is 4.79 Å². The first-order valence-electron chi connectivity index (χ1n) is 6.02. The predicted molar refractivity (Wildman–Crippen MR) is 67.2 cm³/mol. The van der Waals surface area contributed by atoms with E-state index in [1.54, 1.807) is 0 Å². The highest BCUT2D eigenvalue weighted by molar-refractivity contribution is 6.63.